The van der Waals surface area contributed by atoms with E-state index in [0.29, 0.717) is 6.54 Å². The van der Waals surface area contributed by atoms with Gasteiger partial charge in [0.1, 0.15) is 5.82 Å². The van der Waals surface area contributed by atoms with Crippen LogP contribution in [0.15, 0.2) is 59.5 Å². The maximum atomic E-state index is 12.4. The van der Waals surface area contributed by atoms with Gasteiger partial charge < -0.3 is 9.80 Å². The normalized spacial score (nSPS) is 15.5. The molecule has 2 aromatic carbocycles. The number of anilines is 1. The first-order valence-corrected chi connectivity index (χ1v) is 12.5. The van der Waals surface area contributed by atoms with E-state index >= 15 is 0 Å². The Morgan fingerprint density at radius 3 is 2.35 bits per heavy atom. The maximum absolute atomic E-state index is 12.4. The number of fused-ring (bicyclic) bond motifs is 1. The molecule has 1 fully saturated rings. The highest BCUT2D eigenvalue weighted by atomic mass is 32.2. The Kier molecular flexibility index (Phi) is 6.55. The fourth-order valence-electron chi connectivity index (χ4n) is 3.97. The lowest BCUT2D eigenvalue weighted by Gasteiger charge is -2.35. The van der Waals surface area contributed by atoms with Crippen molar-refractivity contribution >= 4 is 26.6 Å². The monoisotopic (exact) mass is 438 g/mol. The summed E-state index contributed by atoms with van der Waals surface area (Å²) in [4.78, 5) is 10.1. The fourth-order valence-corrected chi connectivity index (χ4v) is 5.10. The summed E-state index contributed by atoms with van der Waals surface area (Å²) in [5, 5.41) is 2.29. The van der Waals surface area contributed by atoms with Crippen LogP contribution in [0.4, 0.5) is 5.82 Å². The van der Waals surface area contributed by atoms with Crippen LogP contribution in [-0.4, -0.2) is 57.6 Å². The minimum atomic E-state index is -3.47. The Morgan fingerprint density at radius 2 is 1.68 bits per heavy atom. The number of hydrogen-bond donors (Lipinski definition) is 1. The van der Waals surface area contributed by atoms with E-state index in [0.717, 1.165) is 67.0 Å². The summed E-state index contributed by atoms with van der Waals surface area (Å²) in [5.74, 6) is 1.00. The highest BCUT2D eigenvalue weighted by Crippen LogP contribution is 2.31. The molecule has 4 rings (SSSR count). The predicted molar refractivity (Wildman–Crippen MR) is 127 cm³/mol. The molecular weight excluding hydrogens is 408 g/mol. The first-order chi connectivity index (χ1) is 15.0. The molecule has 0 unspecified atom stereocenters. The Hall–Kier alpha value is -2.48. The number of nitrogens with one attached hydrogen (secondary N) is 1. The summed E-state index contributed by atoms with van der Waals surface area (Å²) < 4.78 is 27.4. The number of pyridine rings is 1. The molecule has 1 N–H and O–H groups in total. The molecule has 1 aliphatic heterocycles. The molecule has 0 aliphatic carbocycles. The van der Waals surface area contributed by atoms with E-state index < -0.39 is 10.0 Å². The average Bonchev–Trinajstić information content (AvgIpc) is 2.82. The molecule has 1 saturated heterocycles. The molecule has 7 heteroatoms. The third-order valence-corrected chi connectivity index (χ3v) is 7.32. The first kappa shape index (κ1) is 21.7. The lowest BCUT2D eigenvalue weighted by molar-refractivity contribution is 0.271. The number of benzene rings is 2. The Balaban J connectivity index is 1.68. The highest BCUT2D eigenvalue weighted by Gasteiger charge is 2.20. The topological polar surface area (TPSA) is 65.5 Å². The molecule has 0 atom stereocenters. The average molecular weight is 439 g/mol. The number of aromatic nitrogens is 1. The SMILES string of the molecule is CCCNS(=O)(=O)c1ccc(-c2cc3ccccc3c(N3CCN(CC)CC3)n2)cc1. The summed E-state index contributed by atoms with van der Waals surface area (Å²) >= 11 is 0. The van der Waals surface area contributed by atoms with Crippen LogP contribution in [0, 0.1) is 0 Å². The van der Waals surface area contributed by atoms with E-state index in [1.165, 1.54) is 0 Å². The van der Waals surface area contributed by atoms with E-state index in [2.05, 4.69) is 45.7 Å². The standard InChI is InChI=1S/C24H30N4O2S/c1-3-13-25-31(29,30)21-11-9-19(10-12-21)23-18-20-7-5-6-8-22(20)24(26-23)28-16-14-27(4-2)15-17-28/h5-12,18,25H,3-4,13-17H2,1-2H3. The first-order valence-electron chi connectivity index (χ1n) is 11.0. The minimum Gasteiger partial charge on any atom is -0.354 e. The summed E-state index contributed by atoms with van der Waals surface area (Å²) in [6.07, 6.45) is 0.758. The van der Waals surface area contributed by atoms with Gasteiger partial charge in [-0.25, -0.2) is 18.1 Å². The summed E-state index contributed by atoms with van der Waals surface area (Å²) in [6, 6.07) is 17.4. The van der Waals surface area contributed by atoms with Gasteiger partial charge in [-0.3, -0.25) is 0 Å². The lowest BCUT2D eigenvalue weighted by Crippen LogP contribution is -2.46. The van der Waals surface area contributed by atoms with Gasteiger partial charge in [-0.05, 0) is 36.6 Å². The largest absolute Gasteiger partial charge is 0.354 e. The quantitative estimate of drug-likeness (QED) is 0.609. The maximum Gasteiger partial charge on any atom is 0.240 e. The zero-order valence-corrected chi connectivity index (χ0v) is 19.0. The van der Waals surface area contributed by atoms with Crippen molar-refractivity contribution in [2.75, 3.05) is 44.2 Å². The van der Waals surface area contributed by atoms with E-state index in [9.17, 15) is 8.42 Å². The second kappa shape index (κ2) is 9.34. The molecule has 0 radical (unpaired) electrons. The number of sulfonamides is 1. The van der Waals surface area contributed by atoms with Crippen LogP contribution in [0.1, 0.15) is 20.3 Å². The summed E-state index contributed by atoms with van der Waals surface area (Å²) in [5.41, 5.74) is 1.77. The Bertz CT molecular complexity index is 1140. The van der Waals surface area contributed by atoms with E-state index in [1.54, 1.807) is 12.1 Å². The van der Waals surface area contributed by atoms with E-state index in [1.807, 2.05) is 25.1 Å². The van der Waals surface area contributed by atoms with Crippen LogP contribution < -0.4 is 9.62 Å². The predicted octanol–water partition coefficient (Wildman–Crippen LogP) is 3.73. The van der Waals surface area contributed by atoms with E-state index in [4.69, 9.17) is 4.98 Å². The van der Waals surface area contributed by atoms with Crippen molar-refractivity contribution in [1.29, 1.82) is 0 Å². The molecule has 2 heterocycles. The molecule has 1 aliphatic rings. The van der Waals surface area contributed by atoms with Crippen molar-refractivity contribution in [3.05, 3.63) is 54.6 Å². The molecular formula is C24H30N4O2S. The van der Waals surface area contributed by atoms with Gasteiger partial charge in [0.25, 0.3) is 0 Å². The molecule has 0 amide bonds. The highest BCUT2D eigenvalue weighted by molar-refractivity contribution is 7.89. The number of piperazine rings is 1. The van der Waals surface area contributed by atoms with Crippen molar-refractivity contribution in [1.82, 2.24) is 14.6 Å². The number of nitrogens with zero attached hydrogens (tertiary/aromatic N) is 3. The van der Waals surface area contributed by atoms with Gasteiger partial charge in [-0.1, -0.05) is 50.2 Å². The molecule has 3 aromatic rings. The molecule has 31 heavy (non-hydrogen) atoms. The third-order valence-electron chi connectivity index (χ3n) is 5.84. The number of rotatable bonds is 7. The van der Waals surface area contributed by atoms with Crippen LogP contribution in [0.25, 0.3) is 22.0 Å². The van der Waals surface area contributed by atoms with Crippen molar-refractivity contribution in [3.8, 4) is 11.3 Å². The van der Waals surface area contributed by atoms with Crippen molar-refractivity contribution in [3.63, 3.8) is 0 Å². The van der Waals surface area contributed by atoms with Crippen LogP contribution in [0.3, 0.4) is 0 Å². The molecule has 0 bridgehead atoms. The Morgan fingerprint density at radius 1 is 0.968 bits per heavy atom. The molecule has 6 nitrogen and oxygen atoms in total. The van der Waals surface area contributed by atoms with Crippen molar-refractivity contribution < 1.29 is 8.42 Å². The van der Waals surface area contributed by atoms with Crippen LogP contribution >= 0.6 is 0 Å². The molecule has 0 spiro atoms. The third kappa shape index (κ3) is 4.74. The molecule has 164 valence electrons. The van der Waals surface area contributed by atoms with Gasteiger partial charge in [0.05, 0.1) is 10.6 Å². The van der Waals surface area contributed by atoms with Crippen LogP contribution in [-0.2, 0) is 10.0 Å². The number of hydrogen-bond acceptors (Lipinski definition) is 5. The van der Waals surface area contributed by atoms with Gasteiger partial charge in [-0.15, -0.1) is 0 Å². The zero-order chi connectivity index (χ0) is 21.8. The summed E-state index contributed by atoms with van der Waals surface area (Å²) in [6.45, 7) is 9.63. The van der Waals surface area contributed by atoms with Gasteiger partial charge in [0, 0.05) is 43.7 Å². The van der Waals surface area contributed by atoms with Gasteiger partial charge >= 0.3 is 0 Å². The van der Waals surface area contributed by atoms with Gasteiger partial charge in [0.15, 0.2) is 0 Å². The minimum absolute atomic E-state index is 0.279. The van der Waals surface area contributed by atoms with Crippen LogP contribution in [0.5, 0.6) is 0 Å². The second-order valence-electron chi connectivity index (χ2n) is 7.90. The van der Waals surface area contributed by atoms with Crippen LogP contribution in [0.2, 0.25) is 0 Å². The molecule has 0 saturated carbocycles. The van der Waals surface area contributed by atoms with E-state index in [-0.39, 0.29) is 4.90 Å². The van der Waals surface area contributed by atoms with Crippen molar-refractivity contribution in [2.45, 2.75) is 25.2 Å². The van der Waals surface area contributed by atoms with Gasteiger partial charge in [0.2, 0.25) is 10.0 Å². The smallest absolute Gasteiger partial charge is 0.240 e. The lowest BCUT2D eigenvalue weighted by atomic mass is 10.1. The molecule has 1 aromatic heterocycles. The fraction of sp³-hybridized carbons (Fsp3) is 0.375. The Labute approximate surface area is 184 Å². The zero-order valence-electron chi connectivity index (χ0n) is 18.2. The second-order valence-corrected chi connectivity index (χ2v) is 9.66. The summed E-state index contributed by atoms with van der Waals surface area (Å²) in [7, 11) is -3.47. The number of likely N-dealkylation sites (N-methyl/N-ethyl adjacent to an activating group) is 1. The van der Waals surface area contributed by atoms with Gasteiger partial charge in [-0.2, -0.15) is 0 Å². The van der Waals surface area contributed by atoms with Crippen molar-refractivity contribution in [2.24, 2.45) is 0 Å².